The van der Waals surface area contributed by atoms with Crippen LogP contribution in [0.5, 0.6) is 17.2 Å². The number of aliphatic hydroxyl groups excluding tert-OH is 1. The molecule has 15 nitrogen and oxygen atoms in total. The van der Waals surface area contributed by atoms with E-state index in [0.29, 0.717) is 108 Å². The minimum Gasteiger partial charge on any atom is -0.489 e. The number of hydrogen-bond donors (Lipinski definition) is 2. The van der Waals surface area contributed by atoms with Gasteiger partial charge in [-0.3, -0.25) is 9.97 Å². The van der Waals surface area contributed by atoms with E-state index in [4.69, 9.17) is 62.6 Å². The average Bonchev–Trinajstić information content (AvgIpc) is 3.84. The number of H-pyrrole nitrogens is 1. The SMILES string of the molecule is CCC1=C(CC)c2nc1cc1[nH]c(cnc3cc(OCCOCCOCCOC)c(OCCOCCOCCOC)cc3ncc3nc4c2OCCCC4=C3C)c(C)c1CCCO. The number of rotatable bonds is 25. The highest BCUT2D eigenvalue weighted by molar-refractivity contribution is 5.98. The Labute approximate surface area is 370 Å². The Balaban J connectivity index is 1.48. The van der Waals surface area contributed by atoms with Crippen molar-refractivity contribution in [3.05, 3.63) is 64.5 Å². The fourth-order valence-electron chi connectivity index (χ4n) is 7.76. The molecule has 0 atom stereocenters. The van der Waals surface area contributed by atoms with Crippen LogP contribution in [0.2, 0.25) is 0 Å². The Kier molecular flexibility index (Phi) is 18.9. The minimum absolute atomic E-state index is 0.0830. The van der Waals surface area contributed by atoms with Gasteiger partial charge >= 0.3 is 0 Å². The van der Waals surface area contributed by atoms with Crippen molar-refractivity contribution in [1.29, 1.82) is 0 Å². The number of ether oxygens (including phenoxy) is 9. The van der Waals surface area contributed by atoms with Gasteiger partial charge in [-0.15, -0.1) is 0 Å². The Morgan fingerprint density at radius 3 is 1.83 bits per heavy atom. The summed E-state index contributed by atoms with van der Waals surface area (Å²) in [5.41, 5.74) is 12.9. The number of aryl methyl sites for hydroxylation is 2. The molecule has 3 aliphatic heterocycles. The molecule has 6 rings (SSSR count). The number of aromatic amines is 1. The number of aromatic nitrogens is 5. The smallest absolute Gasteiger partial charge is 0.171 e. The number of benzene rings is 1. The number of nitrogens with one attached hydrogen (secondary N) is 1. The van der Waals surface area contributed by atoms with E-state index in [9.17, 15) is 5.11 Å². The largest absolute Gasteiger partial charge is 0.489 e. The van der Waals surface area contributed by atoms with Crippen LogP contribution in [-0.2, 0) is 34.8 Å². The Hall–Kier alpha value is -4.74. The molecule has 0 amide bonds. The van der Waals surface area contributed by atoms with Crippen LogP contribution in [0.4, 0.5) is 0 Å². The van der Waals surface area contributed by atoms with Crippen LogP contribution in [-0.4, -0.2) is 137 Å². The molecule has 0 unspecified atom stereocenters. The highest BCUT2D eigenvalue weighted by Crippen LogP contribution is 2.45. The maximum atomic E-state index is 9.89. The molecular formula is C48H65N5O10. The molecule has 0 aliphatic carbocycles. The third kappa shape index (κ3) is 12.5. The number of methoxy groups -OCH3 is 2. The van der Waals surface area contributed by atoms with E-state index < -0.39 is 0 Å². The van der Waals surface area contributed by atoms with Crippen LogP contribution in [0.15, 0.2) is 30.6 Å². The summed E-state index contributed by atoms with van der Waals surface area (Å²) in [7, 11) is 3.29. The summed E-state index contributed by atoms with van der Waals surface area (Å²) in [5, 5.41) is 9.89. The second-order valence-electron chi connectivity index (χ2n) is 15.2. The Morgan fingerprint density at radius 1 is 0.667 bits per heavy atom. The van der Waals surface area contributed by atoms with Gasteiger partial charge in [-0.1, -0.05) is 13.8 Å². The summed E-state index contributed by atoms with van der Waals surface area (Å²) in [5.74, 6) is 1.69. The topological polar surface area (TPSA) is 171 Å². The van der Waals surface area contributed by atoms with Crippen molar-refractivity contribution in [1.82, 2.24) is 24.9 Å². The summed E-state index contributed by atoms with van der Waals surface area (Å²) >= 11 is 0. The Morgan fingerprint density at radius 2 is 1.24 bits per heavy atom. The molecule has 63 heavy (non-hydrogen) atoms. The zero-order valence-corrected chi connectivity index (χ0v) is 37.9. The molecule has 2 N–H and O–H groups in total. The normalized spacial score (nSPS) is 13.6. The van der Waals surface area contributed by atoms with Crippen molar-refractivity contribution in [2.75, 3.05) is 107 Å². The molecule has 5 heterocycles. The lowest BCUT2D eigenvalue weighted by molar-refractivity contribution is 0.0160. The van der Waals surface area contributed by atoms with Gasteiger partial charge in [0.1, 0.15) is 24.6 Å². The van der Waals surface area contributed by atoms with Gasteiger partial charge in [0.2, 0.25) is 0 Å². The van der Waals surface area contributed by atoms with Crippen LogP contribution in [0, 0.1) is 6.92 Å². The highest BCUT2D eigenvalue weighted by atomic mass is 16.6. The summed E-state index contributed by atoms with van der Waals surface area (Å²) in [4.78, 5) is 24.3. The van der Waals surface area contributed by atoms with Gasteiger partial charge in [-0.2, -0.15) is 0 Å². The molecule has 0 saturated carbocycles. The van der Waals surface area contributed by atoms with Gasteiger partial charge in [-0.05, 0) is 91.9 Å². The monoisotopic (exact) mass is 871 g/mol. The lowest BCUT2D eigenvalue weighted by atomic mass is 9.98. The van der Waals surface area contributed by atoms with Gasteiger partial charge in [0.05, 0.1) is 113 Å². The molecule has 15 heteroatoms. The lowest BCUT2D eigenvalue weighted by Gasteiger charge is -2.14. The molecular weight excluding hydrogens is 807 g/mol. The van der Waals surface area contributed by atoms with E-state index in [1.54, 1.807) is 20.4 Å². The molecule has 3 aromatic rings. The predicted molar refractivity (Wildman–Crippen MR) is 244 cm³/mol. The van der Waals surface area contributed by atoms with E-state index in [0.717, 1.165) is 87.5 Å². The zero-order chi connectivity index (χ0) is 44.4. The van der Waals surface area contributed by atoms with Gasteiger partial charge in [0, 0.05) is 38.5 Å². The van der Waals surface area contributed by atoms with Crippen LogP contribution < -0.4 is 14.2 Å². The van der Waals surface area contributed by atoms with Gasteiger partial charge in [0.15, 0.2) is 17.2 Å². The maximum Gasteiger partial charge on any atom is 0.171 e. The van der Waals surface area contributed by atoms with E-state index in [1.165, 1.54) is 11.1 Å². The van der Waals surface area contributed by atoms with E-state index in [-0.39, 0.29) is 19.8 Å². The second-order valence-corrected chi connectivity index (χ2v) is 15.2. The second kappa shape index (κ2) is 24.9. The zero-order valence-electron chi connectivity index (χ0n) is 37.9. The molecule has 2 aromatic heterocycles. The van der Waals surface area contributed by atoms with Crippen molar-refractivity contribution in [2.45, 2.75) is 66.2 Å². The third-order valence-electron chi connectivity index (χ3n) is 11.1. The van der Waals surface area contributed by atoms with Gasteiger partial charge in [-0.25, -0.2) is 9.97 Å². The van der Waals surface area contributed by atoms with E-state index in [1.807, 2.05) is 18.3 Å². The van der Waals surface area contributed by atoms with Crippen LogP contribution in [0.25, 0.3) is 44.4 Å². The number of allylic oxidation sites excluding steroid dienone is 4. The van der Waals surface area contributed by atoms with Crippen molar-refractivity contribution in [3.63, 3.8) is 0 Å². The van der Waals surface area contributed by atoms with Crippen LogP contribution in [0.3, 0.4) is 0 Å². The predicted octanol–water partition coefficient (Wildman–Crippen LogP) is 7.52. The molecule has 0 saturated heterocycles. The number of nitrogens with zero attached hydrogens (tertiary/aromatic N) is 4. The molecule has 6 bridgehead atoms. The molecule has 0 radical (unpaired) electrons. The Bertz CT molecular complexity index is 2260. The molecule has 0 fully saturated rings. The molecule has 1 aromatic carbocycles. The lowest BCUT2D eigenvalue weighted by Crippen LogP contribution is -2.14. The first-order chi connectivity index (χ1) is 30.9. The van der Waals surface area contributed by atoms with Crippen molar-refractivity contribution in [3.8, 4) is 17.2 Å². The molecule has 0 spiro atoms. The maximum absolute atomic E-state index is 9.89. The van der Waals surface area contributed by atoms with Crippen molar-refractivity contribution in [2.24, 2.45) is 0 Å². The number of aliphatic hydroxyl groups is 1. The van der Waals surface area contributed by atoms with Crippen molar-refractivity contribution >= 4 is 44.4 Å². The summed E-state index contributed by atoms with van der Waals surface area (Å²) in [6.45, 7) is 14.2. The number of fused-ring (bicyclic) bond motifs is 7. The van der Waals surface area contributed by atoms with E-state index in [2.05, 4.69) is 38.7 Å². The number of hydrogen-bond acceptors (Lipinski definition) is 14. The average molecular weight is 872 g/mol. The van der Waals surface area contributed by atoms with Gasteiger partial charge in [0.25, 0.3) is 0 Å². The highest BCUT2D eigenvalue weighted by Gasteiger charge is 2.29. The standard InChI is InChI=1S/C48H65N5O10/c1-7-34-35(8-2)46-48-47-37(12-10-14-63-48)33(4)43(53-47)31-50-41-29-45(62-26-24-60-22-20-58-18-16-56-6)44(61-25-23-59-21-19-57-17-15-55-5)28-40(41)49-30-42-32(3)36(11-9-13-54)39(51-42)27-38(34)52-46/h27-31,51,54H,7-26H2,1-6H3. The van der Waals surface area contributed by atoms with Crippen molar-refractivity contribution < 1.29 is 47.7 Å². The first kappa shape index (κ1) is 47.7. The third-order valence-corrected chi connectivity index (χ3v) is 11.1. The first-order valence-corrected chi connectivity index (χ1v) is 22.2. The summed E-state index contributed by atoms with van der Waals surface area (Å²) in [6.07, 6.45) is 8.23. The molecule has 3 aliphatic rings. The first-order valence-electron chi connectivity index (χ1n) is 22.2. The fraction of sp³-hybridized carbons (Fsp3) is 0.542. The van der Waals surface area contributed by atoms with Crippen LogP contribution >= 0.6 is 0 Å². The minimum atomic E-state index is 0.0830. The van der Waals surface area contributed by atoms with Gasteiger partial charge < -0.3 is 52.7 Å². The fourth-order valence-corrected chi connectivity index (χ4v) is 7.76. The summed E-state index contributed by atoms with van der Waals surface area (Å²) < 4.78 is 51.9. The van der Waals surface area contributed by atoms with E-state index >= 15 is 0 Å². The quantitative estimate of drug-likeness (QED) is 0.0801. The van der Waals surface area contributed by atoms with Crippen LogP contribution in [0.1, 0.15) is 86.8 Å². The summed E-state index contributed by atoms with van der Waals surface area (Å²) in [6, 6.07) is 5.83. The molecule has 342 valence electrons.